The standard InChI is InChI=1S/C14H19NO6S/c1-7(22)15-8-2-4-9(5-3-8)20-14-13(19)12(18)11(17)10(6-16)21-14/h2-5,10-14,16-19H,6H2,1H3,(H,15,22)/t10?,11-,12+,13?,14+/m1/s1. The fraction of sp³-hybridized carbons (Fsp3) is 0.500. The van der Waals surface area contributed by atoms with Crippen LogP contribution in [0.4, 0.5) is 5.69 Å². The van der Waals surface area contributed by atoms with E-state index in [0.29, 0.717) is 10.7 Å². The van der Waals surface area contributed by atoms with Crippen LogP contribution >= 0.6 is 12.2 Å². The van der Waals surface area contributed by atoms with Gasteiger partial charge in [0.15, 0.2) is 0 Å². The first-order valence-corrected chi connectivity index (χ1v) is 7.18. The molecule has 5 atom stereocenters. The zero-order chi connectivity index (χ0) is 16.3. The Morgan fingerprint density at radius 1 is 1.18 bits per heavy atom. The van der Waals surface area contributed by atoms with Crippen molar-refractivity contribution in [2.24, 2.45) is 0 Å². The molecular formula is C14H19NO6S. The van der Waals surface area contributed by atoms with Crippen molar-refractivity contribution in [3.05, 3.63) is 24.3 Å². The van der Waals surface area contributed by atoms with E-state index in [4.69, 9.17) is 26.8 Å². The lowest BCUT2D eigenvalue weighted by molar-refractivity contribution is -0.277. The summed E-state index contributed by atoms with van der Waals surface area (Å²) in [4.78, 5) is 0.627. The molecule has 2 unspecified atom stereocenters. The second-order valence-electron chi connectivity index (χ2n) is 5.02. The summed E-state index contributed by atoms with van der Waals surface area (Å²) in [6.45, 7) is 1.26. The lowest BCUT2D eigenvalue weighted by Gasteiger charge is -2.39. The van der Waals surface area contributed by atoms with Crippen molar-refractivity contribution in [1.82, 2.24) is 0 Å². The van der Waals surface area contributed by atoms with Gasteiger partial charge in [-0.1, -0.05) is 12.2 Å². The van der Waals surface area contributed by atoms with Crippen LogP contribution in [-0.2, 0) is 4.74 Å². The number of aliphatic hydroxyl groups is 4. The number of rotatable bonds is 4. The molecule has 0 aliphatic carbocycles. The van der Waals surface area contributed by atoms with Crippen LogP contribution < -0.4 is 10.1 Å². The van der Waals surface area contributed by atoms with Gasteiger partial charge in [0.05, 0.1) is 11.6 Å². The van der Waals surface area contributed by atoms with Crippen LogP contribution in [0.5, 0.6) is 5.75 Å². The van der Waals surface area contributed by atoms with Crippen LogP contribution in [0.3, 0.4) is 0 Å². The summed E-state index contributed by atoms with van der Waals surface area (Å²) in [6, 6.07) is 6.74. The van der Waals surface area contributed by atoms with Crippen LogP contribution in [0, 0.1) is 0 Å². The first-order chi connectivity index (χ1) is 10.4. The summed E-state index contributed by atoms with van der Waals surface area (Å²) in [5.41, 5.74) is 0.786. The van der Waals surface area contributed by atoms with E-state index in [1.165, 1.54) is 0 Å². The lowest BCUT2D eigenvalue weighted by atomic mass is 9.99. The molecular weight excluding hydrogens is 310 g/mol. The molecule has 122 valence electrons. The average molecular weight is 329 g/mol. The molecule has 1 aromatic carbocycles. The van der Waals surface area contributed by atoms with E-state index in [1.807, 2.05) is 0 Å². The van der Waals surface area contributed by atoms with Gasteiger partial charge in [-0.15, -0.1) is 0 Å². The SMILES string of the molecule is CC(=S)Nc1ccc(O[C@H]2OC(CO)[C@@H](O)[C@H](O)C2O)cc1. The van der Waals surface area contributed by atoms with Gasteiger partial charge in [0.1, 0.15) is 30.2 Å². The molecule has 2 rings (SSSR count). The summed E-state index contributed by atoms with van der Waals surface area (Å²) < 4.78 is 10.7. The molecule has 1 aromatic rings. The van der Waals surface area contributed by atoms with Gasteiger partial charge < -0.3 is 35.2 Å². The molecule has 1 aliphatic rings. The molecule has 8 heteroatoms. The molecule has 0 saturated carbocycles. The van der Waals surface area contributed by atoms with Gasteiger partial charge in [0.25, 0.3) is 0 Å². The molecule has 1 fully saturated rings. The number of anilines is 1. The Balaban J connectivity index is 2.04. The third-order valence-electron chi connectivity index (χ3n) is 3.28. The highest BCUT2D eigenvalue weighted by Crippen LogP contribution is 2.25. The highest BCUT2D eigenvalue weighted by Gasteiger charge is 2.44. The van der Waals surface area contributed by atoms with Gasteiger partial charge in [0.2, 0.25) is 6.29 Å². The molecule has 1 aliphatic heterocycles. The average Bonchev–Trinajstić information content (AvgIpc) is 2.49. The van der Waals surface area contributed by atoms with Gasteiger partial charge in [0, 0.05) is 5.69 Å². The Labute approximate surface area is 133 Å². The van der Waals surface area contributed by atoms with Crippen molar-refractivity contribution in [1.29, 1.82) is 0 Å². The Morgan fingerprint density at radius 3 is 2.36 bits per heavy atom. The number of nitrogens with one attached hydrogen (secondary N) is 1. The van der Waals surface area contributed by atoms with E-state index < -0.39 is 37.3 Å². The van der Waals surface area contributed by atoms with Crippen LogP contribution in [0.2, 0.25) is 0 Å². The number of aliphatic hydroxyl groups excluding tert-OH is 4. The number of hydrogen-bond donors (Lipinski definition) is 5. The Kier molecular flexibility index (Phi) is 5.68. The minimum atomic E-state index is -1.46. The van der Waals surface area contributed by atoms with Crippen LogP contribution in [0.15, 0.2) is 24.3 Å². The molecule has 0 radical (unpaired) electrons. The molecule has 7 nitrogen and oxygen atoms in total. The first-order valence-electron chi connectivity index (χ1n) is 6.77. The van der Waals surface area contributed by atoms with Gasteiger partial charge in [-0.05, 0) is 31.2 Å². The van der Waals surface area contributed by atoms with E-state index in [2.05, 4.69) is 5.32 Å². The quantitative estimate of drug-likeness (QED) is 0.476. The highest BCUT2D eigenvalue weighted by atomic mass is 32.1. The fourth-order valence-electron chi connectivity index (χ4n) is 2.12. The maximum atomic E-state index is 9.88. The first kappa shape index (κ1) is 17.1. The third-order valence-corrected chi connectivity index (χ3v) is 3.38. The lowest BCUT2D eigenvalue weighted by Crippen LogP contribution is -2.60. The second-order valence-corrected chi connectivity index (χ2v) is 5.63. The smallest absolute Gasteiger partial charge is 0.229 e. The molecule has 0 spiro atoms. The Hall–Kier alpha value is -1.29. The summed E-state index contributed by atoms with van der Waals surface area (Å²) >= 11 is 4.94. The molecule has 1 heterocycles. The maximum Gasteiger partial charge on any atom is 0.229 e. The minimum absolute atomic E-state index is 0.400. The summed E-state index contributed by atoms with van der Waals surface area (Å²) in [5.74, 6) is 0.400. The second kappa shape index (κ2) is 7.32. The monoisotopic (exact) mass is 329 g/mol. The topological polar surface area (TPSA) is 111 Å². The molecule has 0 aromatic heterocycles. The van der Waals surface area contributed by atoms with Crippen molar-refractivity contribution >= 4 is 22.9 Å². The normalized spacial score (nSPS) is 31.6. The predicted octanol–water partition coefficient (Wildman–Crippen LogP) is -0.376. The van der Waals surface area contributed by atoms with Crippen molar-refractivity contribution in [3.8, 4) is 5.75 Å². The van der Waals surface area contributed by atoms with Gasteiger partial charge in [-0.3, -0.25) is 0 Å². The maximum absolute atomic E-state index is 9.88. The Morgan fingerprint density at radius 2 is 1.82 bits per heavy atom. The molecule has 1 saturated heterocycles. The van der Waals surface area contributed by atoms with Crippen LogP contribution in [-0.4, -0.2) is 62.7 Å². The van der Waals surface area contributed by atoms with Crippen molar-refractivity contribution in [2.75, 3.05) is 11.9 Å². The minimum Gasteiger partial charge on any atom is -0.462 e. The van der Waals surface area contributed by atoms with E-state index in [1.54, 1.807) is 31.2 Å². The third kappa shape index (κ3) is 3.92. The molecule has 0 bridgehead atoms. The predicted molar refractivity (Wildman–Crippen MR) is 82.7 cm³/mol. The summed E-state index contributed by atoms with van der Waals surface area (Å²) in [5, 5.41) is 41.3. The van der Waals surface area contributed by atoms with Gasteiger partial charge >= 0.3 is 0 Å². The zero-order valence-electron chi connectivity index (χ0n) is 11.9. The van der Waals surface area contributed by atoms with Crippen molar-refractivity contribution < 1.29 is 29.9 Å². The summed E-state index contributed by atoms with van der Waals surface area (Å²) in [6.07, 6.45) is -6.49. The van der Waals surface area contributed by atoms with E-state index in [-0.39, 0.29) is 0 Å². The van der Waals surface area contributed by atoms with Crippen molar-refractivity contribution in [2.45, 2.75) is 37.6 Å². The van der Waals surface area contributed by atoms with E-state index >= 15 is 0 Å². The molecule has 5 N–H and O–H groups in total. The van der Waals surface area contributed by atoms with E-state index in [0.717, 1.165) is 5.69 Å². The van der Waals surface area contributed by atoms with Crippen LogP contribution in [0.25, 0.3) is 0 Å². The largest absolute Gasteiger partial charge is 0.462 e. The molecule has 22 heavy (non-hydrogen) atoms. The Bertz CT molecular complexity index is 509. The van der Waals surface area contributed by atoms with Crippen molar-refractivity contribution in [3.63, 3.8) is 0 Å². The zero-order valence-corrected chi connectivity index (χ0v) is 12.7. The molecule has 0 amide bonds. The number of thiocarbonyl (C=S) groups is 1. The van der Waals surface area contributed by atoms with Gasteiger partial charge in [-0.2, -0.15) is 0 Å². The van der Waals surface area contributed by atoms with Gasteiger partial charge in [-0.25, -0.2) is 0 Å². The van der Waals surface area contributed by atoms with E-state index in [9.17, 15) is 15.3 Å². The number of ether oxygens (including phenoxy) is 2. The highest BCUT2D eigenvalue weighted by molar-refractivity contribution is 7.80. The number of benzene rings is 1. The summed E-state index contributed by atoms with van der Waals surface area (Å²) in [7, 11) is 0. The van der Waals surface area contributed by atoms with Crippen LogP contribution in [0.1, 0.15) is 6.92 Å². The number of hydrogen-bond acceptors (Lipinski definition) is 7. The fourth-order valence-corrected chi connectivity index (χ4v) is 2.24.